The molecule has 0 bridgehead atoms. The number of ether oxygens (including phenoxy) is 1. The van der Waals surface area contributed by atoms with Gasteiger partial charge in [-0.1, -0.05) is 94.4 Å². The zero-order valence-electron chi connectivity index (χ0n) is 25.4. The molecule has 0 saturated heterocycles. The van der Waals surface area contributed by atoms with Crippen molar-refractivity contribution < 1.29 is 17.9 Å². The number of aromatic nitrogens is 1. The number of sulfone groups is 1. The average molecular weight is 629 g/mol. The number of nitrogens with two attached hydrogens (primary N) is 1. The van der Waals surface area contributed by atoms with E-state index in [1.165, 1.54) is 12.1 Å². The zero-order valence-corrected chi connectivity index (χ0v) is 27.0. The molecule has 0 spiro atoms. The predicted octanol–water partition coefficient (Wildman–Crippen LogP) is 5.06. The number of hydrogen-bond acceptors (Lipinski definition) is 7. The highest BCUT2D eigenvalue weighted by molar-refractivity contribution is 7.95. The zero-order chi connectivity index (χ0) is 31.8. The second-order valence-corrected chi connectivity index (χ2v) is 14.3. The molecule has 2 N–H and O–H groups in total. The fourth-order valence-corrected chi connectivity index (χ4v) is 8.21. The fraction of sp³-hybridized carbons (Fsp3) is 0.257. The first-order valence-electron chi connectivity index (χ1n) is 14.6. The van der Waals surface area contributed by atoms with E-state index >= 15 is 0 Å². The molecule has 0 radical (unpaired) electrons. The van der Waals surface area contributed by atoms with Gasteiger partial charge < -0.3 is 10.5 Å². The van der Waals surface area contributed by atoms with E-state index in [9.17, 15) is 18.0 Å². The molecule has 44 heavy (non-hydrogen) atoms. The SMILES string of the molecule is CCOC(=O)C1=c2s/c(=C\c3ccc(C(C)C)cc3)c(=O)n2C(N)=C(S(=O)(=O)c2ccccc2)[C@@H]1c1ccc(C(C)C)cc1. The monoisotopic (exact) mass is 628 g/mol. The van der Waals surface area contributed by atoms with E-state index < -0.39 is 27.3 Å². The fourth-order valence-electron chi connectivity index (χ4n) is 5.35. The highest BCUT2D eigenvalue weighted by Gasteiger charge is 2.42. The molecule has 1 aromatic heterocycles. The normalized spacial score (nSPS) is 15.7. The summed E-state index contributed by atoms with van der Waals surface area (Å²) < 4.78 is 36.0. The van der Waals surface area contributed by atoms with E-state index in [4.69, 9.17) is 10.5 Å². The van der Waals surface area contributed by atoms with Crippen LogP contribution >= 0.6 is 11.3 Å². The Labute approximate surface area is 261 Å². The van der Waals surface area contributed by atoms with Crippen LogP contribution in [0.3, 0.4) is 0 Å². The largest absolute Gasteiger partial charge is 0.463 e. The standard InChI is InChI=1S/C35H36N2O5S2/c1-6-42-35(39)30-29(26-18-16-25(17-19-26)22(4)5)31(44(40,41)27-10-8-7-9-11-27)32(36)37-33(38)28(43-34(30)37)20-23-12-14-24(15-13-23)21(2)3/h7-22,29H,6,36H2,1-5H3/b28-20-/t29-/m1/s1. The van der Waals surface area contributed by atoms with E-state index in [1.54, 1.807) is 31.2 Å². The van der Waals surface area contributed by atoms with Crippen molar-refractivity contribution in [1.82, 2.24) is 4.57 Å². The van der Waals surface area contributed by atoms with Crippen molar-refractivity contribution in [2.45, 2.75) is 57.3 Å². The molecule has 0 aliphatic carbocycles. The lowest BCUT2D eigenvalue weighted by Gasteiger charge is -2.28. The molecule has 7 nitrogen and oxygen atoms in total. The van der Waals surface area contributed by atoms with E-state index in [1.807, 2.05) is 48.5 Å². The van der Waals surface area contributed by atoms with Crippen molar-refractivity contribution in [3.05, 3.63) is 126 Å². The molecule has 228 valence electrons. The van der Waals surface area contributed by atoms with Gasteiger partial charge in [-0.15, -0.1) is 11.3 Å². The predicted molar refractivity (Wildman–Crippen MR) is 176 cm³/mol. The van der Waals surface area contributed by atoms with Crippen LogP contribution in [0.25, 0.3) is 17.5 Å². The minimum atomic E-state index is -4.28. The summed E-state index contributed by atoms with van der Waals surface area (Å²) in [5, 5.41) is 0. The van der Waals surface area contributed by atoms with Gasteiger partial charge in [0.2, 0.25) is 9.84 Å². The molecule has 0 saturated carbocycles. The van der Waals surface area contributed by atoms with E-state index in [0.717, 1.165) is 32.6 Å². The lowest BCUT2D eigenvalue weighted by molar-refractivity contribution is -0.136. The summed E-state index contributed by atoms with van der Waals surface area (Å²) in [6, 6.07) is 23.3. The van der Waals surface area contributed by atoms with Crippen molar-refractivity contribution in [2.75, 3.05) is 6.61 Å². The summed E-state index contributed by atoms with van der Waals surface area (Å²) in [5.41, 5.74) is 9.83. The number of hydrogen-bond donors (Lipinski definition) is 1. The van der Waals surface area contributed by atoms with E-state index in [2.05, 4.69) is 27.7 Å². The van der Waals surface area contributed by atoms with Gasteiger partial charge in [0.1, 0.15) is 15.4 Å². The number of esters is 1. The molecular weight excluding hydrogens is 593 g/mol. The van der Waals surface area contributed by atoms with Crippen molar-refractivity contribution in [1.29, 1.82) is 0 Å². The number of fused-ring (bicyclic) bond motifs is 1. The van der Waals surface area contributed by atoms with Gasteiger partial charge in [-0.3, -0.25) is 9.36 Å². The molecule has 5 rings (SSSR count). The molecule has 2 heterocycles. The summed E-state index contributed by atoms with van der Waals surface area (Å²) in [6.45, 7) is 10.1. The first-order chi connectivity index (χ1) is 20.9. The van der Waals surface area contributed by atoms with Crippen molar-refractivity contribution >= 4 is 44.6 Å². The molecule has 1 aliphatic heterocycles. The Kier molecular flexibility index (Phi) is 8.81. The lowest BCUT2D eigenvalue weighted by Crippen LogP contribution is -2.41. The van der Waals surface area contributed by atoms with Gasteiger partial charge in [0, 0.05) is 0 Å². The second-order valence-electron chi connectivity index (χ2n) is 11.3. The van der Waals surface area contributed by atoms with Gasteiger partial charge in [0.15, 0.2) is 0 Å². The van der Waals surface area contributed by atoms with Gasteiger partial charge in [0.25, 0.3) is 5.56 Å². The van der Waals surface area contributed by atoms with Gasteiger partial charge >= 0.3 is 5.97 Å². The molecule has 1 atom stereocenters. The van der Waals surface area contributed by atoms with Gasteiger partial charge in [-0.2, -0.15) is 0 Å². The Morgan fingerprint density at radius 1 is 0.932 bits per heavy atom. The molecule has 9 heteroatoms. The van der Waals surface area contributed by atoms with Crippen LogP contribution in [0.4, 0.5) is 0 Å². The Morgan fingerprint density at radius 2 is 1.50 bits per heavy atom. The van der Waals surface area contributed by atoms with Gasteiger partial charge in [-0.05, 0) is 59.2 Å². The number of thiazole rings is 1. The van der Waals surface area contributed by atoms with Crippen LogP contribution in [0, 0.1) is 0 Å². The third-order valence-corrected chi connectivity index (χ3v) is 10.8. The summed E-state index contributed by atoms with van der Waals surface area (Å²) >= 11 is 1.10. The lowest BCUT2D eigenvalue weighted by atomic mass is 9.88. The topological polar surface area (TPSA) is 108 Å². The Morgan fingerprint density at radius 3 is 2.05 bits per heavy atom. The van der Waals surface area contributed by atoms with Crippen LogP contribution in [0.2, 0.25) is 0 Å². The number of carbonyl (C=O) groups excluding carboxylic acids is 1. The maximum Gasteiger partial charge on any atom is 0.338 e. The first kappa shape index (κ1) is 31.2. The maximum absolute atomic E-state index is 14.4. The van der Waals surface area contributed by atoms with Gasteiger partial charge in [-0.25, -0.2) is 13.2 Å². The van der Waals surface area contributed by atoms with Crippen LogP contribution < -0.4 is 20.5 Å². The Hall–Kier alpha value is -4.21. The molecule has 4 aromatic rings. The third kappa shape index (κ3) is 5.69. The smallest absolute Gasteiger partial charge is 0.338 e. The van der Waals surface area contributed by atoms with Crippen LogP contribution in [0.1, 0.15) is 74.6 Å². The molecule has 0 amide bonds. The van der Waals surface area contributed by atoms with Crippen molar-refractivity contribution in [3.63, 3.8) is 0 Å². The minimum Gasteiger partial charge on any atom is -0.463 e. The number of nitrogens with zero attached hydrogens (tertiary/aromatic N) is 1. The quantitative estimate of drug-likeness (QED) is 0.274. The van der Waals surface area contributed by atoms with Crippen molar-refractivity contribution in [3.8, 4) is 0 Å². The van der Waals surface area contributed by atoms with Crippen molar-refractivity contribution in [2.24, 2.45) is 5.73 Å². The van der Waals surface area contributed by atoms with E-state index in [0.29, 0.717) is 16.0 Å². The number of allylic oxidation sites excluding steroid dienone is 1. The Balaban J connectivity index is 1.87. The Bertz CT molecular complexity index is 2020. The minimum absolute atomic E-state index is 0.00807. The molecule has 0 unspecified atom stereocenters. The average Bonchev–Trinajstić information content (AvgIpc) is 3.33. The summed E-state index contributed by atoms with van der Waals surface area (Å²) in [5.74, 6) is -1.44. The second kappa shape index (κ2) is 12.4. The molecular formula is C35H36N2O5S2. The highest BCUT2D eigenvalue weighted by Crippen LogP contribution is 2.42. The number of carbonyl (C=O) groups is 1. The first-order valence-corrected chi connectivity index (χ1v) is 16.9. The summed E-state index contributed by atoms with van der Waals surface area (Å²) in [6.07, 6.45) is 1.73. The van der Waals surface area contributed by atoms with E-state index in [-0.39, 0.29) is 38.4 Å². The molecule has 0 fully saturated rings. The highest BCUT2D eigenvalue weighted by atomic mass is 32.2. The molecule has 3 aromatic carbocycles. The van der Waals surface area contributed by atoms with Crippen LogP contribution in [0.5, 0.6) is 0 Å². The molecule has 1 aliphatic rings. The van der Waals surface area contributed by atoms with Crippen LogP contribution in [-0.2, 0) is 19.4 Å². The third-order valence-electron chi connectivity index (χ3n) is 7.77. The van der Waals surface area contributed by atoms with Crippen LogP contribution in [-0.4, -0.2) is 25.6 Å². The summed E-state index contributed by atoms with van der Waals surface area (Å²) in [7, 11) is -4.28. The summed E-state index contributed by atoms with van der Waals surface area (Å²) in [4.78, 5) is 27.5. The van der Waals surface area contributed by atoms with Gasteiger partial charge in [0.05, 0.1) is 27.5 Å². The van der Waals surface area contributed by atoms with Crippen LogP contribution in [0.15, 0.2) is 93.5 Å². The number of rotatable bonds is 8. The maximum atomic E-state index is 14.4. The number of benzene rings is 3.